The van der Waals surface area contributed by atoms with Gasteiger partial charge in [-0.3, -0.25) is 9.29 Å². The molecule has 0 aromatic heterocycles. The number of allylic oxidation sites excluding steroid dienone is 1. The minimum atomic E-state index is -0.454. The van der Waals surface area contributed by atoms with E-state index in [0.29, 0.717) is 12.4 Å². The van der Waals surface area contributed by atoms with Crippen LogP contribution in [-0.4, -0.2) is 50.0 Å². The lowest BCUT2D eigenvalue weighted by molar-refractivity contribution is 0.0668. The summed E-state index contributed by atoms with van der Waals surface area (Å²) in [5.41, 5.74) is 4.25. The third-order valence-corrected chi connectivity index (χ3v) is 6.85. The fourth-order valence-electron chi connectivity index (χ4n) is 4.86. The van der Waals surface area contributed by atoms with Gasteiger partial charge in [0.25, 0.3) is 0 Å². The smallest absolute Gasteiger partial charge is 0.165 e. The van der Waals surface area contributed by atoms with Crippen molar-refractivity contribution in [3.8, 4) is 23.0 Å². The maximum absolute atomic E-state index is 14.2. The maximum Gasteiger partial charge on any atom is 0.165 e. The Labute approximate surface area is 209 Å². The van der Waals surface area contributed by atoms with Gasteiger partial charge in [-0.25, -0.2) is 4.39 Å². The molecule has 0 spiro atoms. The van der Waals surface area contributed by atoms with E-state index in [1.807, 2.05) is 31.2 Å². The number of hydrogen-bond acceptors (Lipinski definition) is 5. The van der Waals surface area contributed by atoms with E-state index in [1.165, 1.54) is 13.2 Å². The average molecular weight is 494 g/mol. The molecule has 0 amide bonds. The zero-order valence-electron chi connectivity index (χ0n) is 20.3. The molecule has 36 heavy (non-hydrogen) atoms. The summed E-state index contributed by atoms with van der Waals surface area (Å²) in [6.45, 7) is 4.61. The molecule has 3 aromatic rings. The van der Waals surface area contributed by atoms with Crippen LogP contribution < -0.4 is 14.2 Å². The lowest BCUT2D eigenvalue weighted by Gasteiger charge is -2.37. The Morgan fingerprint density at radius 3 is 2.56 bits per heavy atom. The number of likely N-dealkylation sites (tertiary alicyclic amines) is 1. The highest BCUT2D eigenvalue weighted by molar-refractivity contribution is 5.95. The molecule has 0 aliphatic carbocycles. The number of benzene rings is 3. The van der Waals surface area contributed by atoms with Gasteiger partial charge in [0.2, 0.25) is 0 Å². The summed E-state index contributed by atoms with van der Waals surface area (Å²) in [6, 6.07) is 17.5. The van der Waals surface area contributed by atoms with Crippen molar-refractivity contribution >= 4 is 11.1 Å². The second-order valence-electron chi connectivity index (χ2n) is 9.26. The van der Waals surface area contributed by atoms with Crippen LogP contribution in [0.25, 0.3) is 11.1 Å². The number of fused-ring (bicyclic) bond motifs is 1. The fourth-order valence-corrected chi connectivity index (χ4v) is 4.86. The Kier molecular flexibility index (Phi) is 6.83. The number of phenols is 1. The van der Waals surface area contributed by atoms with Crippen LogP contribution in [0.15, 0.2) is 60.7 Å². The summed E-state index contributed by atoms with van der Waals surface area (Å²) in [7, 11) is 1.44. The van der Waals surface area contributed by atoms with Gasteiger partial charge in [0, 0.05) is 36.7 Å². The highest BCUT2D eigenvalue weighted by Crippen LogP contribution is 2.48. The van der Waals surface area contributed by atoms with Gasteiger partial charge in [-0.05, 0) is 66.1 Å². The van der Waals surface area contributed by atoms with Crippen molar-refractivity contribution in [2.24, 2.45) is 5.92 Å². The molecule has 1 fully saturated rings. The number of nitrogens with zero attached hydrogens (tertiary/aromatic N) is 1. The number of aromatic hydroxyl groups is 1. The first-order valence-corrected chi connectivity index (χ1v) is 12.0. The molecule has 2 heterocycles. The standard InChI is InChI=1S/C29H29F2NO4/c1-18-24-14-22(33)6-10-26(24)36-29(28(18)21-5-9-25(31)27(13-21)34-2)20-3-7-23(8-4-20)35-12-11-32-16-19(15-30)17-32/h3-10,13-14,19,29,33H,11-12,15-17H2,1-2H3/t29-/m1/s1. The summed E-state index contributed by atoms with van der Waals surface area (Å²) in [6.07, 6.45) is -0.454. The third-order valence-electron chi connectivity index (χ3n) is 6.85. The Balaban J connectivity index is 1.41. The van der Waals surface area contributed by atoms with Crippen LogP contribution in [-0.2, 0) is 0 Å². The predicted octanol–water partition coefficient (Wildman–Crippen LogP) is 5.88. The summed E-state index contributed by atoms with van der Waals surface area (Å²) in [5, 5.41) is 10.1. The van der Waals surface area contributed by atoms with Crippen LogP contribution in [0.3, 0.4) is 0 Å². The number of phenolic OH excluding ortho intramolecular Hbond substituents is 1. The fraction of sp³-hybridized carbons (Fsp3) is 0.310. The van der Waals surface area contributed by atoms with Crippen molar-refractivity contribution in [3.05, 3.63) is 83.2 Å². The first-order valence-electron chi connectivity index (χ1n) is 12.0. The van der Waals surface area contributed by atoms with Crippen LogP contribution in [0.4, 0.5) is 8.78 Å². The lowest BCUT2D eigenvalue weighted by Crippen LogP contribution is -2.49. The predicted molar refractivity (Wildman–Crippen MR) is 135 cm³/mol. The zero-order chi connectivity index (χ0) is 25.2. The highest BCUT2D eigenvalue weighted by Gasteiger charge is 2.30. The van der Waals surface area contributed by atoms with Crippen molar-refractivity contribution < 1.29 is 28.1 Å². The normalized spacial score (nSPS) is 17.8. The van der Waals surface area contributed by atoms with Gasteiger partial charge >= 0.3 is 0 Å². The first-order chi connectivity index (χ1) is 17.5. The minimum Gasteiger partial charge on any atom is -0.508 e. The molecule has 5 nitrogen and oxygen atoms in total. The number of hydrogen-bond donors (Lipinski definition) is 1. The van der Waals surface area contributed by atoms with Gasteiger partial charge in [-0.1, -0.05) is 18.2 Å². The number of methoxy groups -OCH3 is 1. The zero-order valence-corrected chi connectivity index (χ0v) is 20.3. The first kappa shape index (κ1) is 24.1. The quantitative estimate of drug-likeness (QED) is 0.425. The molecule has 0 bridgehead atoms. The summed E-state index contributed by atoms with van der Waals surface area (Å²) in [5.74, 6) is 1.43. The highest BCUT2D eigenvalue weighted by atomic mass is 19.1. The number of halogens is 2. The summed E-state index contributed by atoms with van der Waals surface area (Å²) < 4.78 is 44.3. The van der Waals surface area contributed by atoms with Crippen molar-refractivity contribution in [2.75, 3.05) is 40.0 Å². The molecular formula is C29H29F2NO4. The van der Waals surface area contributed by atoms with Gasteiger partial charge in [0.05, 0.1) is 13.8 Å². The van der Waals surface area contributed by atoms with Gasteiger partial charge in [-0.15, -0.1) is 0 Å². The summed E-state index contributed by atoms with van der Waals surface area (Å²) in [4.78, 5) is 2.18. The van der Waals surface area contributed by atoms with E-state index in [2.05, 4.69) is 4.90 Å². The Morgan fingerprint density at radius 1 is 1.06 bits per heavy atom. The van der Waals surface area contributed by atoms with E-state index in [9.17, 15) is 13.9 Å². The van der Waals surface area contributed by atoms with E-state index in [1.54, 1.807) is 30.3 Å². The topological polar surface area (TPSA) is 51.2 Å². The van der Waals surface area contributed by atoms with Crippen molar-refractivity contribution in [2.45, 2.75) is 13.0 Å². The number of ether oxygens (including phenoxy) is 3. The van der Waals surface area contributed by atoms with Crippen molar-refractivity contribution in [1.29, 1.82) is 0 Å². The molecule has 0 saturated carbocycles. The average Bonchev–Trinajstić information content (AvgIpc) is 2.86. The third kappa shape index (κ3) is 4.75. The van der Waals surface area contributed by atoms with E-state index in [0.717, 1.165) is 53.2 Å². The number of rotatable bonds is 8. The van der Waals surface area contributed by atoms with E-state index in [-0.39, 0.29) is 24.1 Å². The molecule has 1 saturated heterocycles. The molecule has 1 atom stereocenters. The van der Waals surface area contributed by atoms with Crippen molar-refractivity contribution in [1.82, 2.24) is 4.90 Å². The molecule has 2 aliphatic heterocycles. The molecule has 0 unspecified atom stereocenters. The lowest BCUT2D eigenvalue weighted by atomic mass is 9.86. The van der Waals surface area contributed by atoms with E-state index >= 15 is 0 Å². The van der Waals surface area contributed by atoms with Gasteiger partial charge in [0.1, 0.15) is 30.0 Å². The molecule has 2 aliphatic rings. The van der Waals surface area contributed by atoms with Crippen LogP contribution >= 0.6 is 0 Å². The van der Waals surface area contributed by atoms with Crippen LogP contribution in [0, 0.1) is 11.7 Å². The molecule has 0 radical (unpaired) electrons. The molecular weight excluding hydrogens is 464 g/mol. The molecule has 188 valence electrons. The van der Waals surface area contributed by atoms with E-state index < -0.39 is 11.9 Å². The second-order valence-corrected chi connectivity index (χ2v) is 9.26. The largest absolute Gasteiger partial charge is 0.508 e. The molecule has 5 rings (SSSR count). The van der Waals surface area contributed by atoms with Crippen LogP contribution in [0.2, 0.25) is 0 Å². The molecule has 7 heteroatoms. The SMILES string of the molecule is COc1cc(C2=C(C)c3cc(O)ccc3O[C@@H]2c2ccc(OCCN3CC(CF)C3)cc2)ccc1F. The van der Waals surface area contributed by atoms with Gasteiger partial charge in [0.15, 0.2) is 11.6 Å². The Morgan fingerprint density at radius 2 is 1.83 bits per heavy atom. The monoisotopic (exact) mass is 493 g/mol. The number of alkyl halides is 1. The van der Waals surface area contributed by atoms with E-state index in [4.69, 9.17) is 14.2 Å². The van der Waals surface area contributed by atoms with Crippen LogP contribution in [0.1, 0.15) is 29.7 Å². The Bertz CT molecular complexity index is 1270. The molecule has 1 N–H and O–H groups in total. The second kappa shape index (κ2) is 10.2. The maximum atomic E-state index is 14.2. The van der Waals surface area contributed by atoms with Gasteiger partial charge in [-0.2, -0.15) is 0 Å². The summed E-state index contributed by atoms with van der Waals surface area (Å²) >= 11 is 0. The Hall–Kier alpha value is -3.58. The minimum absolute atomic E-state index is 0.145. The van der Waals surface area contributed by atoms with Crippen molar-refractivity contribution in [3.63, 3.8) is 0 Å². The van der Waals surface area contributed by atoms with Crippen LogP contribution in [0.5, 0.6) is 23.0 Å². The van der Waals surface area contributed by atoms with Gasteiger partial charge < -0.3 is 19.3 Å². The molecule has 3 aromatic carbocycles.